The van der Waals surface area contributed by atoms with Gasteiger partial charge in [0.05, 0.1) is 5.60 Å². The van der Waals surface area contributed by atoms with Crippen LogP contribution in [0.1, 0.15) is 30.2 Å². The molecular weight excluding hydrogens is 184 g/mol. The molecule has 0 radical (unpaired) electrons. The Morgan fingerprint density at radius 2 is 2.23 bits per heavy atom. The van der Waals surface area contributed by atoms with Gasteiger partial charge in [0.2, 0.25) is 0 Å². The van der Waals surface area contributed by atoms with Crippen LogP contribution in [0.3, 0.4) is 0 Å². The van der Waals surface area contributed by atoms with Crippen LogP contribution in [-0.4, -0.2) is 16.8 Å². The lowest BCUT2D eigenvalue weighted by atomic mass is 9.96. The van der Waals surface area contributed by atoms with Crippen molar-refractivity contribution in [1.29, 1.82) is 0 Å². The Labute approximate surface area is 82.8 Å². The lowest BCUT2D eigenvalue weighted by Crippen LogP contribution is -2.20. The van der Waals surface area contributed by atoms with Crippen LogP contribution in [0.15, 0.2) is 11.4 Å². The van der Waals surface area contributed by atoms with Crippen LogP contribution in [0, 0.1) is 6.92 Å². The van der Waals surface area contributed by atoms with Crippen molar-refractivity contribution < 1.29 is 10.2 Å². The van der Waals surface area contributed by atoms with E-state index in [9.17, 15) is 5.11 Å². The molecule has 0 aliphatic rings. The standard InChI is InChI=1S/C10H16O2S/c1-8-4-7-13-9(8)10(2,12)5-3-6-11/h4,7,11-12H,3,5-6H2,1-2H3. The maximum Gasteiger partial charge on any atom is 0.0963 e. The zero-order chi connectivity index (χ0) is 9.90. The molecule has 0 saturated carbocycles. The number of hydrogen-bond donors (Lipinski definition) is 2. The molecule has 1 atom stereocenters. The maximum atomic E-state index is 10.1. The van der Waals surface area contributed by atoms with E-state index in [2.05, 4.69) is 0 Å². The molecule has 1 unspecified atom stereocenters. The highest BCUT2D eigenvalue weighted by Gasteiger charge is 2.25. The first kappa shape index (κ1) is 10.7. The summed E-state index contributed by atoms with van der Waals surface area (Å²) < 4.78 is 0. The van der Waals surface area contributed by atoms with Gasteiger partial charge in [0.15, 0.2) is 0 Å². The largest absolute Gasteiger partial charge is 0.396 e. The quantitative estimate of drug-likeness (QED) is 0.780. The van der Waals surface area contributed by atoms with Crippen LogP contribution < -0.4 is 0 Å². The molecule has 2 N–H and O–H groups in total. The summed E-state index contributed by atoms with van der Waals surface area (Å²) >= 11 is 1.58. The van der Waals surface area contributed by atoms with Crippen LogP contribution >= 0.6 is 11.3 Å². The van der Waals surface area contributed by atoms with E-state index in [0.29, 0.717) is 12.8 Å². The topological polar surface area (TPSA) is 40.5 Å². The molecular formula is C10H16O2S. The highest BCUT2D eigenvalue weighted by atomic mass is 32.1. The Balaban J connectivity index is 2.74. The zero-order valence-electron chi connectivity index (χ0n) is 8.08. The number of rotatable bonds is 4. The Morgan fingerprint density at radius 3 is 2.69 bits per heavy atom. The molecule has 1 aromatic heterocycles. The third kappa shape index (κ3) is 2.53. The van der Waals surface area contributed by atoms with E-state index >= 15 is 0 Å². The molecule has 0 amide bonds. The molecule has 0 aromatic carbocycles. The van der Waals surface area contributed by atoms with E-state index in [1.165, 1.54) is 0 Å². The van der Waals surface area contributed by atoms with Gasteiger partial charge in [-0.3, -0.25) is 0 Å². The van der Waals surface area contributed by atoms with Gasteiger partial charge in [0, 0.05) is 11.5 Å². The van der Waals surface area contributed by atoms with E-state index in [4.69, 9.17) is 5.11 Å². The molecule has 13 heavy (non-hydrogen) atoms. The highest BCUT2D eigenvalue weighted by molar-refractivity contribution is 7.10. The van der Waals surface area contributed by atoms with Crippen molar-refractivity contribution in [2.45, 2.75) is 32.3 Å². The van der Waals surface area contributed by atoms with Crippen molar-refractivity contribution in [3.8, 4) is 0 Å². The minimum atomic E-state index is -0.777. The molecule has 0 fully saturated rings. The molecule has 74 valence electrons. The second-order valence-corrected chi connectivity index (χ2v) is 4.45. The first-order valence-corrected chi connectivity index (χ1v) is 5.33. The summed E-state index contributed by atoms with van der Waals surface area (Å²) in [6.07, 6.45) is 1.26. The summed E-state index contributed by atoms with van der Waals surface area (Å²) in [6, 6.07) is 2.01. The van der Waals surface area contributed by atoms with Crippen molar-refractivity contribution in [2.75, 3.05) is 6.61 Å². The summed E-state index contributed by atoms with van der Waals surface area (Å²) in [5.74, 6) is 0. The molecule has 1 heterocycles. The maximum absolute atomic E-state index is 10.1. The minimum absolute atomic E-state index is 0.139. The third-order valence-electron chi connectivity index (χ3n) is 2.17. The van der Waals surface area contributed by atoms with Gasteiger partial charge in [-0.2, -0.15) is 0 Å². The van der Waals surface area contributed by atoms with Gasteiger partial charge in [-0.25, -0.2) is 0 Å². The lowest BCUT2D eigenvalue weighted by molar-refractivity contribution is 0.0434. The van der Waals surface area contributed by atoms with Gasteiger partial charge in [0.1, 0.15) is 0 Å². The number of aryl methyl sites for hydroxylation is 1. The first-order valence-electron chi connectivity index (χ1n) is 4.46. The average molecular weight is 200 g/mol. The molecule has 1 rings (SSSR count). The highest BCUT2D eigenvalue weighted by Crippen LogP contribution is 2.32. The second kappa shape index (κ2) is 4.22. The Kier molecular flexibility index (Phi) is 3.47. The predicted molar refractivity (Wildman–Crippen MR) is 54.9 cm³/mol. The monoisotopic (exact) mass is 200 g/mol. The van der Waals surface area contributed by atoms with Gasteiger partial charge in [-0.1, -0.05) is 0 Å². The zero-order valence-corrected chi connectivity index (χ0v) is 8.90. The smallest absolute Gasteiger partial charge is 0.0963 e. The van der Waals surface area contributed by atoms with Crippen molar-refractivity contribution in [3.63, 3.8) is 0 Å². The summed E-state index contributed by atoms with van der Waals surface area (Å²) in [5.41, 5.74) is 0.356. The van der Waals surface area contributed by atoms with Gasteiger partial charge >= 0.3 is 0 Å². The van der Waals surface area contributed by atoms with E-state index in [1.807, 2.05) is 25.3 Å². The normalized spacial score (nSPS) is 15.7. The molecule has 0 spiro atoms. The molecule has 3 heteroatoms. The van der Waals surface area contributed by atoms with E-state index in [-0.39, 0.29) is 6.61 Å². The van der Waals surface area contributed by atoms with Gasteiger partial charge < -0.3 is 10.2 Å². The summed E-state index contributed by atoms with van der Waals surface area (Å²) in [6.45, 7) is 3.95. The summed E-state index contributed by atoms with van der Waals surface area (Å²) in [4.78, 5) is 1.01. The fourth-order valence-electron chi connectivity index (χ4n) is 1.46. The van der Waals surface area contributed by atoms with Crippen molar-refractivity contribution in [3.05, 3.63) is 21.9 Å². The van der Waals surface area contributed by atoms with Gasteiger partial charge in [-0.15, -0.1) is 11.3 Å². The molecule has 1 aromatic rings. The molecule has 2 nitrogen and oxygen atoms in total. The predicted octanol–water partition coefficient (Wildman–Crippen LogP) is 2.04. The van der Waals surface area contributed by atoms with Crippen LogP contribution in [0.5, 0.6) is 0 Å². The molecule has 0 bridgehead atoms. The molecule has 0 aliphatic heterocycles. The van der Waals surface area contributed by atoms with Crippen molar-refractivity contribution in [2.24, 2.45) is 0 Å². The minimum Gasteiger partial charge on any atom is -0.396 e. The Hall–Kier alpha value is -0.380. The second-order valence-electron chi connectivity index (χ2n) is 3.53. The number of hydrogen-bond acceptors (Lipinski definition) is 3. The Morgan fingerprint density at radius 1 is 1.54 bits per heavy atom. The van der Waals surface area contributed by atoms with E-state index in [0.717, 1.165) is 10.4 Å². The lowest BCUT2D eigenvalue weighted by Gasteiger charge is -2.22. The SMILES string of the molecule is Cc1ccsc1C(C)(O)CCCO. The third-order valence-corrected chi connectivity index (χ3v) is 3.44. The average Bonchev–Trinajstić information content (AvgIpc) is 2.48. The van der Waals surface area contributed by atoms with E-state index < -0.39 is 5.60 Å². The van der Waals surface area contributed by atoms with Crippen LogP contribution in [0.25, 0.3) is 0 Å². The van der Waals surface area contributed by atoms with Crippen molar-refractivity contribution >= 4 is 11.3 Å². The molecule has 0 aliphatic carbocycles. The molecule has 0 saturated heterocycles. The van der Waals surface area contributed by atoms with Crippen LogP contribution in [0.4, 0.5) is 0 Å². The summed E-state index contributed by atoms with van der Waals surface area (Å²) in [5, 5.41) is 20.8. The fourth-order valence-corrected chi connectivity index (χ4v) is 2.48. The summed E-state index contributed by atoms with van der Waals surface area (Å²) in [7, 11) is 0. The van der Waals surface area contributed by atoms with Crippen LogP contribution in [-0.2, 0) is 5.60 Å². The number of aliphatic hydroxyl groups excluding tert-OH is 1. The van der Waals surface area contributed by atoms with Crippen molar-refractivity contribution in [1.82, 2.24) is 0 Å². The Bertz CT molecular complexity index is 266. The van der Waals surface area contributed by atoms with Crippen LogP contribution in [0.2, 0.25) is 0 Å². The van der Waals surface area contributed by atoms with E-state index in [1.54, 1.807) is 11.3 Å². The van der Waals surface area contributed by atoms with Gasteiger partial charge in [-0.05, 0) is 43.7 Å². The number of thiophene rings is 1. The van der Waals surface area contributed by atoms with Gasteiger partial charge in [0.25, 0.3) is 0 Å². The fraction of sp³-hybridized carbons (Fsp3) is 0.600. The number of aliphatic hydroxyl groups is 2. The first-order chi connectivity index (χ1) is 6.08.